The lowest BCUT2D eigenvalue weighted by molar-refractivity contribution is 0.854. The van der Waals surface area contributed by atoms with E-state index in [2.05, 4.69) is 189 Å². The van der Waals surface area contributed by atoms with Gasteiger partial charge in [0.15, 0.2) is 0 Å². The maximum atomic E-state index is 2.64. The molecule has 0 aliphatic rings. The molecule has 0 atom stereocenters. The largest absolute Gasteiger partial charge is 0.343 e. The number of rotatable bonds is 14. The van der Waals surface area contributed by atoms with Crippen LogP contribution in [0.5, 0.6) is 0 Å². The average molecular weight is 888 g/mol. The molecule has 0 aliphatic heterocycles. The van der Waals surface area contributed by atoms with Gasteiger partial charge in [0.25, 0.3) is 0 Å². The summed E-state index contributed by atoms with van der Waals surface area (Å²) in [6.07, 6.45) is 0. The van der Waals surface area contributed by atoms with Crippen LogP contribution in [0.3, 0.4) is 0 Å². The standard InChI is InChI=1S/C52H61N3S5/c1-29(2)35-14-16-38(17-15-35)55(48-23-22-43(56-48)30(3)4)39-20-18-37(19-21-39)53(13)40-25-45(32(7)8)58-50(40)49-36(24-44(57-49)31(5)6)28-54-41-26-46(33(9)10)59-51(41)52-42(54)27-47(60-52)34(11)12/h14-27,29-34H,28H2,1-13H3. The van der Waals surface area contributed by atoms with Crippen LogP contribution in [-0.2, 0) is 6.54 Å². The van der Waals surface area contributed by atoms with Gasteiger partial charge < -0.3 is 14.4 Å². The van der Waals surface area contributed by atoms with Gasteiger partial charge in [-0.2, -0.15) is 0 Å². The quantitative estimate of drug-likeness (QED) is 0.108. The Morgan fingerprint density at radius 2 is 0.917 bits per heavy atom. The molecule has 0 bridgehead atoms. The molecule has 60 heavy (non-hydrogen) atoms. The number of benzene rings is 2. The van der Waals surface area contributed by atoms with Crippen molar-refractivity contribution < 1.29 is 0 Å². The molecule has 8 aromatic rings. The smallest absolute Gasteiger partial charge is 0.100 e. The highest BCUT2D eigenvalue weighted by atomic mass is 32.1. The molecule has 0 saturated carbocycles. The summed E-state index contributed by atoms with van der Waals surface area (Å²) in [5.74, 6) is 2.91. The van der Waals surface area contributed by atoms with Crippen LogP contribution in [-0.4, -0.2) is 11.6 Å². The minimum atomic E-state index is 0.438. The lowest BCUT2D eigenvalue weighted by atomic mass is 10.0. The van der Waals surface area contributed by atoms with Crippen LogP contribution >= 0.6 is 56.7 Å². The second kappa shape index (κ2) is 17.2. The van der Waals surface area contributed by atoms with E-state index in [9.17, 15) is 0 Å². The van der Waals surface area contributed by atoms with E-state index in [-0.39, 0.29) is 0 Å². The highest BCUT2D eigenvalue weighted by molar-refractivity contribution is 7.27. The van der Waals surface area contributed by atoms with Crippen molar-refractivity contribution in [2.45, 2.75) is 125 Å². The Kier molecular flexibility index (Phi) is 12.4. The predicted molar refractivity (Wildman–Crippen MR) is 274 cm³/mol. The van der Waals surface area contributed by atoms with Gasteiger partial charge in [-0.3, -0.25) is 0 Å². The maximum Gasteiger partial charge on any atom is 0.100 e. The zero-order chi connectivity index (χ0) is 42.7. The highest BCUT2D eigenvalue weighted by Gasteiger charge is 2.26. The Morgan fingerprint density at radius 3 is 1.42 bits per heavy atom. The molecule has 6 heterocycles. The zero-order valence-electron chi connectivity index (χ0n) is 37.6. The van der Waals surface area contributed by atoms with Crippen LogP contribution in [0.25, 0.3) is 30.2 Å². The number of thiophene rings is 5. The van der Waals surface area contributed by atoms with Gasteiger partial charge in [-0.15, -0.1) is 56.7 Å². The van der Waals surface area contributed by atoms with Crippen LogP contribution in [0.4, 0.5) is 27.8 Å². The van der Waals surface area contributed by atoms with Crippen molar-refractivity contribution in [3.8, 4) is 9.75 Å². The molecule has 0 aliphatic carbocycles. The van der Waals surface area contributed by atoms with Gasteiger partial charge in [0, 0.05) is 55.0 Å². The van der Waals surface area contributed by atoms with E-state index < -0.39 is 0 Å². The molecule has 3 nitrogen and oxygen atoms in total. The molecular formula is C52H61N3S5. The summed E-state index contributed by atoms with van der Waals surface area (Å²) in [7, 11) is 2.26. The molecule has 0 spiro atoms. The van der Waals surface area contributed by atoms with Gasteiger partial charge in [-0.1, -0.05) is 95.2 Å². The third-order valence-electron chi connectivity index (χ3n) is 11.7. The number of hydrogen-bond donors (Lipinski definition) is 0. The van der Waals surface area contributed by atoms with Crippen LogP contribution < -0.4 is 9.80 Å². The zero-order valence-corrected chi connectivity index (χ0v) is 41.7. The molecule has 0 unspecified atom stereocenters. The molecule has 0 radical (unpaired) electrons. The summed E-state index contributed by atoms with van der Waals surface area (Å²) in [6.45, 7) is 28.6. The van der Waals surface area contributed by atoms with Gasteiger partial charge in [-0.05, 0) is 119 Å². The van der Waals surface area contributed by atoms with E-state index in [0.717, 1.165) is 6.54 Å². The SMILES string of the molecule is CC(C)c1ccc(N(c2ccc(N(C)c3cc(C(C)C)sc3-c3sc(C(C)C)cc3Cn3c4cc(C(C)C)sc4c4sc(C(C)C)cc43)cc2)c2ccc(C(C)C)s2)cc1. The minimum absolute atomic E-state index is 0.438. The third kappa shape index (κ3) is 8.20. The summed E-state index contributed by atoms with van der Waals surface area (Å²) in [5.41, 5.74) is 10.4. The Labute approximate surface area is 379 Å². The summed E-state index contributed by atoms with van der Waals surface area (Å²) >= 11 is 9.88. The Balaban J connectivity index is 1.20. The number of hydrogen-bond acceptors (Lipinski definition) is 7. The number of nitrogens with zero attached hydrogens (tertiary/aromatic N) is 3. The topological polar surface area (TPSA) is 11.4 Å². The molecule has 2 aromatic carbocycles. The van der Waals surface area contributed by atoms with Crippen molar-refractivity contribution in [3.05, 3.63) is 120 Å². The van der Waals surface area contributed by atoms with Gasteiger partial charge in [0.1, 0.15) is 5.00 Å². The van der Waals surface area contributed by atoms with Crippen molar-refractivity contribution >= 4 is 105 Å². The Bertz CT molecular complexity index is 2660. The monoisotopic (exact) mass is 887 g/mol. The summed E-state index contributed by atoms with van der Waals surface area (Å²) < 4.78 is 5.56. The first kappa shape index (κ1) is 43.0. The Hall–Kier alpha value is -3.66. The Morgan fingerprint density at radius 1 is 0.450 bits per heavy atom. The van der Waals surface area contributed by atoms with Crippen molar-refractivity contribution in [1.82, 2.24) is 4.57 Å². The van der Waals surface area contributed by atoms with Gasteiger partial charge in [0.2, 0.25) is 0 Å². The highest BCUT2D eigenvalue weighted by Crippen LogP contribution is 2.50. The molecular weight excluding hydrogens is 827 g/mol. The molecule has 8 heteroatoms. The maximum absolute atomic E-state index is 2.64. The second-order valence-electron chi connectivity index (χ2n) is 18.3. The van der Waals surface area contributed by atoms with Crippen LogP contribution in [0.15, 0.2) is 84.9 Å². The van der Waals surface area contributed by atoms with E-state index in [4.69, 9.17) is 0 Å². The molecule has 0 fully saturated rings. The van der Waals surface area contributed by atoms with Gasteiger partial charge in [-0.25, -0.2) is 0 Å². The number of fused-ring (bicyclic) bond motifs is 3. The molecule has 0 amide bonds. The fourth-order valence-corrected chi connectivity index (χ4v) is 13.9. The third-order valence-corrected chi connectivity index (χ3v) is 19.1. The van der Waals surface area contributed by atoms with E-state index in [1.165, 1.54) is 93.5 Å². The van der Waals surface area contributed by atoms with Crippen LogP contribution in [0.2, 0.25) is 0 Å². The fourth-order valence-electron chi connectivity index (χ4n) is 7.86. The molecule has 314 valence electrons. The minimum Gasteiger partial charge on any atom is -0.343 e. The van der Waals surface area contributed by atoms with Gasteiger partial charge in [0.05, 0.1) is 35.9 Å². The average Bonchev–Trinajstić information content (AvgIpc) is 4.06. The first-order chi connectivity index (χ1) is 28.6. The van der Waals surface area contributed by atoms with Crippen molar-refractivity contribution in [1.29, 1.82) is 0 Å². The molecule has 0 saturated heterocycles. The van der Waals surface area contributed by atoms with E-state index in [0.29, 0.717) is 35.5 Å². The van der Waals surface area contributed by atoms with E-state index in [1.54, 1.807) is 0 Å². The predicted octanol–water partition coefficient (Wildman–Crippen LogP) is 18.8. The summed E-state index contributed by atoms with van der Waals surface area (Å²) in [5, 5.41) is 1.24. The van der Waals surface area contributed by atoms with Crippen molar-refractivity contribution in [3.63, 3.8) is 0 Å². The molecule has 0 N–H and O–H groups in total. The summed E-state index contributed by atoms with van der Waals surface area (Å²) in [6, 6.07) is 32.9. The van der Waals surface area contributed by atoms with Crippen LogP contribution in [0.1, 0.15) is 154 Å². The fraction of sp³-hybridized carbons (Fsp3) is 0.385. The lowest BCUT2D eigenvalue weighted by Crippen LogP contribution is -2.11. The number of anilines is 5. The molecule has 6 aromatic heterocycles. The second-order valence-corrected chi connectivity index (χ2v) is 23.7. The lowest BCUT2D eigenvalue weighted by Gasteiger charge is -2.26. The first-order valence-electron chi connectivity index (χ1n) is 21.7. The van der Waals surface area contributed by atoms with E-state index in [1.807, 2.05) is 56.7 Å². The van der Waals surface area contributed by atoms with Crippen molar-refractivity contribution in [2.75, 3.05) is 16.8 Å². The van der Waals surface area contributed by atoms with Gasteiger partial charge >= 0.3 is 0 Å². The van der Waals surface area contributed by atoms with E-state index >= 15 is 0 Å². The number of aromatic nitrogens is 1. The molecule has 8 rings (SSSR count). The normalized spacial score (nSPS) is 12.4. The summed E-state index contributed by atoms with van der Waals surface area (Å²) in [4.78, 5) is 14.9. The van der Waals surface area contributed by atoms with Crippen LogP contribution in [0, 0.1) is 0 Å². The van der Waals surface area contributed by atoms with Crippen molar-refractivity contribution in [2.24, 2.45) is 0 Å². The first-order valence-corrected chi connectivity index (χ1v) is 25.8.